The SMILES string of the molecule is CN=C(NCC1CCN(C2CC2)C1)NCC1CCCO1. The van der Waals surface area contributed by atoms with Gasteiger partial charge in [-0.15, -0.1) is 0 Å². The molecule has 3 aliphatic rings. The molecule has 2 atom stereocenters. The van der Waals surface area contributed by atoms with Crippen molar-refractivity contribution < 1.29 is 4.74 Å². The summed E-state index contributed by atoms with van der Waals surface area (Å²) in [4.78, 5) is 6.96. The van der Waals surface area contributed by atoms with E-state index < -0.39 is 0 Å². The molecule has 114 valence electrons. The summed E-state index contributed by atoms with van der Waals surface area (Å²) in [5.41, 5.74) is 0. The lowest BCUT2D eigenvalue weighted by molar-refractivity contribution is 0.114. The van der Waals surface area contributed by atoms with Gasteiger partial charge in [0, 0.05) is 39.3 Å². The van der Waals surface area contributed by atoms with Crippen molar-refractivity contribution in [3.8, 4) is 0 Å². The highest BCUT2D eigenvalue weighted by Gasteiger charge is 2.34. The predicted molar refractivity (Wildman–Crippen MR) is 81.0 cm³/mol. The number of ether oxygens (including phenoxy) is 1. The average molecular weight is 280 g/mol. The third-order valence-corrected chi connectivity index (χ3v) is 4.68. The molecule has 0 radical (unpaired) electrons. The highest BCUT2D eigenvalue weighted by molar-refractivity contribution is 5.79. The first-order valence-electron chi connectivity index (χ1n) is 8.15. The zero-order valence-corrected chi connectivity index (χ0v) is 12.6. The fourth-order valence-electron chi connectivity index (χ4n) is 3.28. The lowest BCUT2D eigenvalue weighted by Crippen LogP contribution is -2.43. The van der Waals surface area contributed by atoms with Crippen LogP contribution in [0.1, 0.15) is 32.1 Å². The van der Waals surface area contributed by atoms with Crippen LogP contribution in [0.4, 0.5) is 0 Å². The van der Waals surface area contributed by atoms with Crippen molar-refractivity contribution in [1.82, 2.24) is 15.5 Å². The number of hydrogen-bond acceptors (Lipinski definition) is 3. The first-order valence-corrected chi connectivity index (χ1v) is 8.15. The van der Waals surface area contributed by atoms with Gasteiger partial charge in [0.05, 0.1) is 6.10 Å². The van der Waals surface area contributed by atoms with Crippen molar-refractivity contribution in [2.75, 3.05) is 39.8 Å². The molecule has 5 heteroatoms. The van der Waals surface area contributed by atoms with Gasteiger partial charge in [-0.3, -0.25) is 4.99 Å². The van der Waals surface area contributed by atoms with E-state index in [1.807, 2.05) is 7.05 Å². The Labute approximate surface area is 122 Å². The van der Waals surface area contributed by atoms with E-state index in [2.05, 4.69) is 20.5 Å². The summed E-state index contributed by atoms with van der Waals surface area (Å²) in [6.45, 7) is 5.38. The molecule has 2 saturated heterocycles. The Morgan fingerprint density at radius 3 is 2.75 bits per heavy atom. The molecule has 0 aromatic rings. The standard InChI is InChI=1S/C15H28N4O/c1-16-15(18-10-14-3-2-8-20-14)17-9-12-6-7-19(11-12)13-4-5-13/h12-14H,2-11H2,1H3,(H2,16,17,18). The molecule has 0 amide bonds. The van der Waals surface area contributed by atoms with Gasteiger partial charge in [0.1, 0.15) is 0 Å². The highest BCUT2D eigenvalue weighted by atomic mass is 16.5. The minimum atomic E-state index is 0.366. The number of nitrogens with one attached hydrogen (secondary N) is 2. The minimum absolute atomic E-state index is 0.366. The first kappa shape index (κ1) is 14.1. The zero-order chi connectivity index (χ0) is 13.8. The normalized spacial score (nSPS) is 31.8. The van der Waals surface area contributed by atoms with Crippen LogP contribution in [0.5, 0.6) is 0 Å². The van der Waals surface area contributed by atoms with Crippen LogP contribution < -0.4 is 10.6 Å². The Kier molecular flexibility index (Phi) is 4.78. The molecule has 2 unspecified atom stereocenters. The Bertz CT molecular complexity index is 337. The van der Waals surface area contributed by atoms with Gasteiger partial charge in [0.25, 0.3) is 0 Å². The van der Waals surface area contributed by atoms with Crippen LogP contribution >= 0.6 is 0 Å². The molecule has 1 aliphatic carbocycles. The van der Waals surface area contributed by atoms with Gasteiger partial charge < -0.3 is 20.3 Å². The quantitative estimate of drug-likeness (QED) is 0.578. The third-order valence-electron chi connectivity index (χ3n) is 4.68. The molecule has 2 N–H and O–H groups in total. The summed E-state index contributed by atoms with van der Waals surface area (Å²) in [7, 11) is 1.84. The fourth-order valence-corrected chi connectivity index (χ4v) is 3.28. The maximum Gasteiger partial charge on any atom is 0.191 e. The van der Waals surface area contributed by atoms with Crippen LogP contribution in [-0.4, -0.2) is 62.8 Å². The number of nitrogens with zero attached hydrogens (tertiary/aromatic N) is 2. The molecule has 3 fully saturated rings. The molecule has 5 nitrogen and oxygen atoms in total. The van der Waals surface area contributed by atoms with Crippen molar-refractivity contribution in [3.05, 3.63) is 0 Å². The Hall–Kier alpha value is -0.810. The Morgan fingerprint density at radius 2 is 2.05 bits per heavy atom. The second-order valence-corrected chi connectivity index (χ2v) is 6.35. The number of aliphatic imine (C=N–C) groups is 1. The predicted octanol–water partition coefficient (Wildman–Crippen LogP) is 0.815. The van der Waals surface area contributed by atoms with E-state index in [9.17, 15) is 0 Å². The summed E-state index contributed by atoms with van der Waals surface area (Å²) in [5.74, 6) is 1.70. The van der Waals surface area contributed by atoms with E-state index in [1.54, 1.807) is 0 Å². The molecule has 1 saturated carbocycles. The molecule has 20 heavy (non-hydrogen) atoms. The van der Waals surface area contributed by atoms with Gasteiger partial charge in [-0.05, 0) is 44.6 Å². The van der Waals surface area contributed by atoms with E-state index >= 15 is 0 Å². The van der Waals surface area contributed by atoms with Crippen molar-refractivity contribution in [3.63, 3.8) is 0 Å². The fraction of sp³-hybridized carbons (Fsp3) is 0.933. The van der Waals surface area contributed by atoms with E-state index in [0.29, 0.717) is 6.10 Å². The minimum Gasteiger partial charge on any atom is -0.376 e. The van der Waals surface area contributed by atoms with Crippen molar-refractivity contribution in [1.29, 1.82) is 0 Å². The van der Waals surface area contributed by atoms with Gasteiger partial charge in [-0.25, -0.2) is 0 Å². The average Bonchev–Trinajstić information content (AvgIpc) is 3.01. The van der Waals surface area contributed by atoms with Gasteiger partial charge >= 0.3 is 0 Å². The highest BCUT2D eigenvalue weighted by Crippen LogP contribution is 2.31. The second-order valence-electron chi connectivity index (χ2n) is 6.35. The van der Waals surface area contributed by atoms with Crippen LogP contribution in [0.25, 0.3) is 0 Å². The molecule has 2 aliphatic heterocycles. The van der Waals surface area contributed by atoms with Gasteiger partial charge in [-0.1, -0.05) is 0 Å². The summed E-state index contributed by atoms with van der Waals surface area (Å²) in [5, 5.41) is 6.85. The summed E-state index contributed by atoms with van der Waals surface area (Å²) in [6.07, 6.45) is 6.90. The van der Waals surface area contributed by atoms with Crippen LogP contribution in [-0.2, 0) is 4.74 Å². The van der Waals surface area contributed by atoms with Crippen LogP contribution in [0.15, 0.2) is 4.99 Å². The van der Waals surface area contributed by atoms with E-state index in [-0.39, 0.29) is 0 Å². The first-order chi connectivity index (χ1) is 9.85. The molecular weight excluding hydrogens is 252 g/mol. The molecule has 2 heterocycles. The number of likely N-dealkylation sites (tertiary alicyclic amines) is 1. The molecule has 3 rings (SSSR count). The number of hydrogen-bond donors (Lipinski definition) is 2. The molecule has 0 aromatic heterocycles. The van der Waals surface area contributed by atoms with Crippen LogP contribution in [0.3, 0.4) is 0 Å². The van der Waals surface area contributed by atoms with E-state index in [0.717, 1.165) is 37.6 Å². The number of guanidine groups is 1. The zero-order valence-electron chi connectivity index (χ0n) is 12.6. The lowest BCUT2D eigenvalue weighted by atomic mass is 10.1. The van der Waals surface area contributed by atoms with Crippen LogP contribution in [0, 0.1) is 5.92 Å². The van der Waals surface area contributed by atoms with Crippen molar-refractivity contribution in [2.24, 2.45) is 10.9 Å². The van der Waals surface area contributed by atoms with Gasteiger partial charge in [0.2, 0.25) is 0 Å². The second kappa shape index (κ2) is 6.76. The maximum absolute atomic E-state index is 5.62. The summed E-state index contributed by atoms with van der Waals surface area (Å²) < 4.78 is 5.62. The third kappa shape index (κ3) is 3.85. The maximum atomic E-state index is 5.62. The monoisotopic (exact) mass is 280 g/mol. The molecular formula is C15H28N4O. The summed E-state index contributed by atoms with van der Waals surface area (Å²) in [6, 6.07) is 0.914. The molecule has 0 aromatic carbocycles. The number of rotatable bonds is 5. The topological polar surface area (TPSA) is 48.9 Å². The summed E-state index contributed by atoms with van der Waals surface area (Å²) >= 11 is 0. The molecule has 0 spiro atoms. The van der Waals surface area contributed by atoms with Gasteiger partial charge in [0.15, 0.2) is 5.96 Å². The largest absolute Gasteiger partial charge is 0.376 e. The molecule has 0 bridgehead atoms. The van der Waals surface area contributed by atoms with E-state index in [4.69, 9.17) is 4.74 Å². The Balaban J connectivity index is 1.33. The lowest BCUT2D eigenvalue weighted by Gasteiger charge is -2.18. The van der Waals surface area contributed by atoms with Crippen molar-refractivity contribution in [2.45, 2.75) is 44.2 Å². The van der Waals surface area contributed by atoms with Crippen LogP contribution in [0.2, 0.25) is 0 Å². The van der Waals surface area contributed by atoms with Crippen molar-refractivity contribution >= 4 is 5.96 Å². The Morgan fingerprint density at radius 1 is 1.20 bits per heavy atom. The van der Waals surface area contributed by atoms with E-state index in [1.165, 1.54) is 45.2 Å². The van der Waals surface area contributed by atoms with Gasteiger partial charge in [-0.2, -0.15) is 0 Å². The smallest absolute Gasteiger partial charge is 0.191 e.